The molecule has 3 rings (SSSR count). The molecular formula is C20H25ClN4O2. The molecule has 0 spiro atoms. The summed E-state index contributed by atoms with van der Waals surface area (Å²) in [6, 6.07) is 14.1. The van der Waals surface area contributed by atoms with Gasteiger partial charge in [-0.2, -0.15) is 0 Å². The van der Waals surface area contributed by atoms with E-state index in [0.29, 0.717) is 29.4 Å². The Kier molecular flexibility index (Phi) is 7.21. The maximum atomic E-state index is 12.5. The Hall–Kier alpha value is -2.57. The second kappa shape index (κ2) is 9.39. The normalized spacial score (nSPS) is 13.9. The fraction of sp³-hybridized carbons (Fsp3) is 0.300. The van der Waals surface area contributed by atoms with E-state index in [2.05, 4.69) is 16.0 Å². The number of anilines is 2. The van der Waals surface area contributed by atoms with Gasteiger partial charge in [0.2, 0.25) is 0 Å². The van der Waals surface area contributed by atoms with Gasteiger partial charge in [-0.05, 0) is 55.5 Å². The first-order valence-corrected chi connectivity index (χ1v) is 8.81. The molecule has 27 heavy (non-hydrogen) atoms. The van der Waals surface area contributed by atoms with Gasteiger partial charge in [-0.25, -0.2) is 4.79 Å². The van der Waals surface area contributed by atoms with Gasteiger partial charge >= 0.3 is 6.03 Å². The van der Waals surface area contributed by atoms with Gasteiger partial charge < -0.3 is 21.7 Å². The smallest absolute Gasteiger partial charge is 0.323 e. The summed E-state index contributed by atoms with van der Waals surface area (Å²) >= 11 is 0. The molecule has 0 aromatic heterocycles. The van der Waals surface area contributed by atoms with E-state index in [4.69, 9.17) is 5.73 Å². The van der Waals surface area contributed by atoms with Crippen molar-refractivity contribution in [1.82, 2.24) is 5.32 Å². The highest BCUT2D eigenvalue weighted by Gasteiger charge is 2.31. The van der Waals surface area contributed by atoms with Crippen LogP contribution in [0.1, 0.15) is 28.8 Å². The lowest BCUT2D eigenvalue weighted by atomic mass is 10.1. The summed E-state index contributed by atoms with van der Waals surface area (Å²) in [4.78, 5) is 24.7. The van der Waals surface area contributed by atoms with Crippen LogP contribution in [0.15, 0.2) is 48.5 Å². The topological polar surface area (TPSA) is 96.2 Å². The summed E-state index contributed by atoms with van der Waals surface area (Å²) in [5.74, 6) is 0.322. The number of para-hydroxylation sites is 1. The highest BCUT2D eigenvalue weighted by atomic mass is 35.5. The summed E-state index contributed by atoms with van der Waals surface area (Å²) in [5, 5.41) is 8.56. The molecule has 2 aromatic carbocycles. The Bertz CT molecular complexity index is 794. The van der Waals surface area contributed by atoms with Crippen LogP contribution in [-0.4, -0.2) is 24.5 Å². The Morgan fingerprint density at radius 1 is 1.11 bits per heavy atom. The van der Waals surface area contributed by atoms with Crippen LogP contribution < -0.4 is 21.7 Å². The summed E-state index contributed by atoms with van der Waals surface area (Å²) in [6.07, 6.45) is 2.23. The van der Waals surface area contributed by atoms with Crippen molar-refractivity contribution in [1.29, 1.82) is 0 Å². The van der Waals surface area contributed by atoms with Gasteiger partial charge in [-0.1, -0.05) is 24.3 Å². The van der Waals surface area contributed by atoms with Crippen LogP contribution in [0.3, 0.4) is 0 Å². The Balaban J connectivity index is 0.00000261. The van der Waals surface area contributed by atoms with Gasteiger partial charge in [0.25, 0.3) is 5.91 Å². The molecule has 0 aliphatic heterocycles. The standard InChI is InChI=1S/C20H24N4O2.ClH/c1-13-7-8-15(19(25)23-18(12-21)14-9-10-14)11-17(13)24-20(26)22-16-5-3-2-4-6-16;/h2-8,11,14,18H,9-10,12,21H2,1H3,(H,23,25)(H2,22,24,26);1H. The molecule has 0 bridgehead atoms. The summed E-state index contributed by atoms with van der Waals surface area (Å²) in [7, 11) is 0. The minimum Gasteiger partial charge on any atom is -0.348 e. The molecule has 5 N–H and O–H groups in total. The molecule has 6 nitrogen and oxygen atoms in total. The summed E-state index contributed by atoms with van der Waals surface area (Å²) < 4.78 is 0. The van der Waals surface area contributed by atoms with Crippen molar-refractivity contribution in [2.75, 3.05) is 17.2 Å². The first-order chi connectivity index (χ1) is 12.6. The number of halogens is 1. The Labute approximate surface area is 165 Å². The number of urea groups is 1. The molecule has 0 saturated heterocycles. The van der Waals surface area contributed by atoms with Crippen LogP contribution in [0.5, 0.6) is 0 Å². The number of carbonyl (C=O) groups excluding carboxylic acids is 2. The van der Waals surface area contributed by atoms with E-state index in [0.717, 1.165) is 18.4 Å². The summed E-state index contributed by atoms with van der Waals surface area (Å²) in [5.41, 5.74) is 8.43. The SMILES string of the molecule is Cc1ccc(C(=O)NC(CN)C2CC2)cc1NC(=O)Nc1ccccc1.Cl. The molecule has 1 saturated carbocycles. The lowest BCUT2D eigenvalue weighted by Gasteiger charge is -2.17. The van der Waals surface area contributed by atoms with E-state index in [-0.39, 0.29) is 30.4 Å². The minimum atomic E-state index is -0.352. The number of nitrogens with two attached hydrogens (primary N) is 1. The molecule has 1 fully saturated rings. The average molecular weight is 389 g/mol. The monoisotopic (exact) mass is 388 g/mol. The number of rotatable bonds is 6. The van der Waals surface area contributed by atoms with Crippen LogP contribution in [-0.2, 0) is 0 Å². The summed E-state index contributed by atoms with van der Waals surface area (Å²) in [6.45, 7) is 2.32. The molecule has 3 amide bonds. The number of nitrogens with one attached hydrogen (secondary N) is 3. The van der Waals surface area contributed by atoms with Crippen LogP contribution in [0.2, 0.25) is 0 Å². The molecule has 1 aliphatic rings. The van der Waals surface area contributed by atoms with Crippen LogP contribution in [0, 0.1) is 12.8 Å². The third kappa shape index (κ3) is 5.70. The number of hydrogen-bond acceptors (Lipinski definition) is 3. The predicted molar refractivity (Wildman–Crippen MR) is 111 cm³/mol. The van der Waals surface area contributed by atoms with E-state index in [1.165, 1.54) is 0 Å². The molecule has 1 aliphatic carbocycles. The Morgan fingerprint density at radius 2 is 1.81 bits per heavy atom. The molecule has 2 aromatic rings. The van der Waals surface area contributed by atoms with Crippen molar-refractivity contribution in [3.63, 3.8) is 0 Å². The molecule has 144 valence electrons. The third-order valence-corrected chi connectivity index (χ3v) is 4.54. The van der Waals surface area contributed by atoms with E-state index >= 15 is 0 Å². The van der Waals surface area contributed by atoms with Gasteiger partial charge in [0.05, 0.1) is 0 Å². The van der Waals surface area contributed by atoms with E-state index in [9.17, 15) is 9.59 Å². The first-order valence-electron chi connectivity index (χ1n) is 8.81. The molecule has 1 atom stereocenters. The van der Waals surface area contributed by atoms with Gasteiger partial charge in [0.15, 0.2) is 0 Å². The number of benzene rings is 2. The van der Waals surface area contributed by atoms with Crippen LogP contribution >= 0.6 is 12.4 Å². The Morgan fingerprint density at radius 3 is 2.44 bits per heavy atom. The van der Waals surface area contributed by atoms with Crippen LogP contribution in [0.4, 0.5) is 16.2 Å². The lowest BCUT2D eigenvalue weighted by Crippen LogP contribution is -2.41. The number of carbonyl (C=O) groups is 2. The molecule has 1 unspecified atom stereocenters. The average Bonchev–Trinajstić information content (AvgIpc) is 3.47. The molecule has 7 heteroatoms. The van der Waals surface area contributed by atoms with Gasteiger partial charge in [-0.15, -0.1) is 12.4 Å². The zero-order valence-electron chi connectivity index (χ0n) is 15.2. The van der Waals surface area contributed by atoms with E-state index in [1.807, 2.05) is 31.2 Å². The molecule has 0 heterocycles. The van der Waals surface area contributed by atoms with Gasteiger partial charge in [-0.3, -0.25) is 4.79 Å². The number of hydrogen-bond donors (Lipinski definition) is 4. The van der Waals surface area contributed by atoms with Crippen molar-refractivity contribution in [3.05, 3.63) is 59.7 Å². The van der Waals surface area contributed by atoms with Crippen molar-refractivity contribution in [2.45, 2.75) is 25.8 Å². The maximum absolute atomic E-state index is 12.5. The molecule has 0 radical (unpaired) electrons. The highest BCUT2D eigenvalue weighted by Crippen LogP contribution is 2.32. The number of amides is 3. The van der Waals surface area contributed by atoms with E-state index in [1.54, 1.807) is 24.3 Å². The highest BCUT2D eigenvalue weighted by molar-refractivity contribution is 6.02. The maximum Gasteiger partial charge on any atom is 0.323 e. The van der Waals surface area contributed by atoms with Crippen LogP contribution in [0.25, 0.3) is 0 Å². The van der Waals surface area contributed by atoms with Crippen molar-refractivity contribution < 1.29 is 9.59 Å². The zero-order chi connectivity index (χ0) is 18.5. The fourth-order valence-corrected chi connectivity index (χ4v) is 2.82. The second-order valence-electron chi connectivity index (χ2n) is 6.63. The van der Waals surface area contributed by atoms with Crippen molar-refractivity contribution >= 4 is 35.7 Å². The zero-order valence-corrected chi connectivity index (χ0v) is 16.0. The minimum absolute atomic E-state index is 0. The first kappa shape index (κ1) is 20.7. The van der Waals surface area contributed by atoms with Crippen molar-refractivity contribution in [2.24, 2.45) is 11.7 Å². The van der Waals surface area contributed by atoms with E-state index < -0.39 is 0 Å². The largest absolute Gasteiger partial charge is 0.348 e. The molecular weight excluding hydrogens is 364 g/mol. The quantitative estimate of drug-likeness (QED) is 0.609. The lowest BCUT2D eigenvalue weighted by molar-refractivity contribution is 0.0933. The van der Waals surface area contributed by atoms with Gasteiger partial charge in [0, 0.05) is 29.5 Å². The van der Waals surface area contributed by atoms with Gasteiger partial charge in [0.1, 0.15) is 0 Å². The number of aryl methyl sites for hydroxylation is 1. The van der Waals surface area contributed by atoms with Crippen molar-refractivity contribution in [3.8, 4) is 0 Å². The second-order valence-corrected chi connectivity index (χ2v) is 6.63. The third-order valence-electron chi connectivity index (χ3n) is 4.54. The predicted octanol–water partition coefficient (Wildman–Crippen LogP) is 3.53. The fourth-order valence-electron chi connectivity index (χ4n) is 2.82.